The van der Waals surface area contributed by atoms with E-state index < -0.39 is 0 Å². The molecule has 92 valence electrons. The first-order valence-electron chi connectivity index (χ1n) is 6.04. The molecule has 1 aliphatic carbocycles. The van der Waals surface area contributed by atoms with Crippen molar-refractivity contribution in [3.63, 3.8) is 0 Å². The Hall–Kier alpha value is -0.740. The van der Waals surface area contributed by atoms with E-state index in [1.807, 2.05) is 12.1 Å². The summed E-state index contributed by atoms with van der Waals surface area (Å²) in [7, 11) is 0. The molecule has 2 N–H and O–H groups in total. The molecule has 3 nitrogen and oxygen atoms in total. The maximum Gasteiger partial charge on any atom is 0.142 e. The van der Waals surface area contributed by atoms with Crippen LogP contribution in [0.25, 0.3) is 0 Å². The zero-order valence-corrected chi connectivity index (χ0v) is 11.3. The largest absolute Gasteiger partial charge is 0.330 e. The minimum absolute atomic E-state index is 0.158. The minimum Gasteiger partial charge on any atom is -0.330 e. The maximum absolute atomic E-state index is 12.2. The van der Waals surface area contributed by atoms with Crippen molar-refractivity contribution < 1.29 is 4.79 Å². The van der Waals surface area contributed by atoms with Gasteiger partial charge in [0.05, 0.1) is 0 Å². The summed E-state index contributed by atoms with van der Waals surface area (Å²) in [6.07, 6.45) is 5.40. The number of nitrogens with two attached hydrogens (primary N) is 1. The van der Waals surface area contributed by atoms with E-state index in [-0.39, 0.29) is 5.92 Å². The molecular weight excluding hydrogens is 280 g/mol. The normalized spacial score (nSPS) is 23.9. The van der Waals surface area contributed by atoms with Crippen LogP contribution in [0.1, 0.15) is 25.0 Å². The smallest absolute Gasteiger partial charge is 0.142 e. The molecule has 0 spiro atoms. The van der Waals surface area contributed by atoms with Crippen LogP contribution in [0.3, 0.4) is 0 Å². The third-order valence-corrected chi connectivity index (χ3v) is 3.99. The molecule has 0 aromatic carbocycles. The van der Waals surface area contributed by atoms with Crippen LogP contribution >= 0.6 is 15.9 Å². The van der Waals surface area contributed by atoms with Crippen molar-refractivity contribution in [2.75, 3.05) is 6.54 Å². The quantitative estimate of drug-likeness (QED) is 0.928. The number of aromatic nitrogens is 1. The molecule has 0 amide bonds. The SMILES string of the molecule is NCC1CCCC1C(=O)Cc1ccc(Br)cn1. The Labute approximate surface area is 110 Å². The van der Waals surface area contributed by atoms with Gasteiger partial charge in [-0.3, -0.25) is 9.78 Å². The van der Waals surface area contributed by atoms with E-state index in [9.17, 15) is 4.79 Å². The second kappa shape index (κ2) is 5.74. The fourth-order valence-electron chi connectivity index (χ4n) is 2.56. The molecule has 0 radical (unpaired) electrons. The van der Waals surface area contributed by atoms with Crippen LogP contribution in [0.5, 0.6) is 0 Å². The predicted molar refractivity (Wildman–Crippen MR) is 70.5 cm³/mol. The van der Waals surface area contributed by atoms with Gasteiger partial charge in [0, 0.05) is 28.7 Å². The molecule has 1 aliphatic rings. The summed E-state index contributed by atoms with van der Waals surface area (Å²) in [4.78, 5) is 16.4. The standard InChI is InChI=1S/C13H17BrN2O/c14-10-4-5-11(16-8-10)6-13(17)12-3-1-2-9(12)7-15/h4-5,8-9,12H,1-3,6-7,15H2. The summed E-state index contributed by atoms with van der Waals surface area (Å²) in [5, 5.41) is 0. The lowest BCUT2D eigenvalue weighted by Crippen LogP contribution is -2.26. The Morgan fingerprint density at radius 2 is 2.29 bits per heavy atom. The fraction of sp³-hybridized carbons (Fsp3) is 0.538. The van der Waals surface area contributed by atoms with Gasteiger partial charge in [0.2, 0.25) is 0 Å². The number of carbonyl (C=O) groups excluding carboxylic acids is 1. The van der Waals surface area contributed by atoms with Gasteiger partial charge in [-0.05, 0) is 53.4 Å². The number of rotatable bonds is 4. The first kappa shape index (κ1) is 12.7. The lowest BCUT2D eigenvalue weighted by molar-refractivity contribution is -0.123. The van der Waals surface area contributed by atoms with Crippen LogP contribution in [0.4, 0.5) is 0 Å². The summed E-state index contributed by atoms with van der Waals surface area (Å²) in [6, 6.07) is 3.82. The maximum atomic E-state index is 12.2. The molecule has 1 heterocycles. The highest BCUT2D eigenvalue weighted by atomic mass is 79.9. The molecule has 1 saturated carbocycles. The lowest BCUT2D eigenvalue weighted by atomic mass is 9.90. The monoisotopic (exact) mass is 296 g/mol. The van der Waals surface area contributed by atoms with Crippen molar-refractivity contribution in [1.82, 2.24) is 4.98 Å². The second-order valence-electron chi connectivity index (χ2n) is 4.64. The molecule has 0 aliphatic heterocycles. The van der Waals surface area contributed by atoms with E-state index in [4.69, 9.17) is 5.73 Å². The van der Waals surface area contributed by atoms with Crippen LogP contribution in [0.15, 0.2) is 22.8 Å². The van der Waals surface area contributed by atoms with E-state index >= 15 is 0 Å². The number of Topliss-reactive ketones (excluding diaryl/α,β-unsaturated/α-hetero) is 1. The molecule has 1 fully saturated rings. The van der Waals surface area contributed by atoms with Crippen LogP contribution in [-0.4, -0.2) is 17.3 Å². The van der Waals surface area contributed by atoms with Gasteiger partial charge < -0.3 is 5.73 Å². The van der Waals surface area contributed by atoms with Crippen LogP contribution in [0.2, 0.25) is 0 Å². The van der Waals surface area contributed by atoms with Gasteiger partial charge in [0.25, 0.3) is 0 Å². The molecule has 2 unspecified atom stereocenters. The molecule has 1 aromatic rings. The Morgan fingerprint density at radius 3 is 2.94 bits per heavy atom. The molecule has 1 aromatic heterocycles. The van der Waals surface area contributed by atoms with Gasteiger partial charge >= 0.3 is 0 Å². The van der Waals surface area contributed by atoms with Gasteiger partial charge in [-0.1, -0.05) is 6.42 Å². The highest BCUT2D eigenvalue weighted by Gasteiger charge is 2.31. The van der Waals surface area contributed by atoms with Gasteiger partial charge in [-0.25, -0.2) is 0 Å². The zero-order valence-electron chi connectivity index (χ0n) is 9.73. The van der Waals surface area contributed by atoms with E-state index in [0.717, 1.165) is 29.4 Å². The summed E-state index contributed by atoms with van der Waals surface area (Å²) < 4.78 is 0.939. The topological polar surface area (TPSA) is 56.0 Å². The Balaban J connectivity index is 1.99. The summed E-state index contributed by atoms with van der Waals surface area (Å²) in [5.41, 5.74) is 6.55. The van der Waals surface area contributed by atoms with Gasteiger partial charge in [0.15, 0.2) is 0 Å². The number of hydrogen-bond acceptors (Lipinski definition) is 3. The van der Waals surface area contributed by atoms with Crippen LogP contribution in [-0.2, 0) is 11.2 Å². The number of hydrogen-bond donors (Lipinski definition) is 1. The van der Waals surface area contributed by atoms with Gasteiger partial charge in [0.1, 0.15) is 5.78 Å². The summed E-state index contributed by atoms with van der Waals surface area (Å²) >= 11 is 3.33. The molecular formula is C13H17BrN2O. The van der Waals surface area contributed by atoms with E-state index in [1.165, 1.54) is 0 Å². The van der Waals surface area contributed by atoms with Crippen LogP contribution in [0, 0.1) is 11.8 Å². The van der Waals surface area contributed by atoms with E-state index in [2.05, 4.69) is 20.9 Å². The Bertz CT molecular complexity index is 391. The van der Waals surface area contributed by atoms with Crippen molar-refractivity contribution in [2.24, 2.45) is 17.6 Å². The third kappa shape index (κ3) is 3.13. The highest BCUT2D eigenvalue weighted by molar-refractivity contribution is 9.10. The van der Waals surface area contributed by atoms with Crippen molar-refractivity contribution >= 4 is 21.7 Å². The van der Waals surface area contributed by atoms with E-state index in [1.54, 1.807) is 6.20 Å². The summed E-state index contributed by atoms with van der Waals surface area (Å²) in [6.45, 7) is 0.629. The number of pyridine rings is 1. The van der Waals surface area contributed by atoms with Crippen molar-refractivity contribution in [3.8, 4) is 0 Å². The molecule has 4 heteroatoms. The number of carbonyl (C=O) groups is 1. The lowest BCUT2D eigenvalue weighted by Gasteiger charge is -2.16. The number of halogens is 1. The first-order valence-corrected chi connectivity index (χ1v) is 6.83. The molecule has 17 heavy (non-hydrogen) atoms. The zero-order chi connectivity index (χ0) is 12.3. The Kier molecular flexibility index (Phi) is 4.29. The Morgan fingerprint density at radius 1 is 1.47 bits per heavy atom. The molecule has 2 rings (SSSR count). The number of nitrogens with zero attached hydrogens (tertiary/aromatic N) is 1. The average Bonchev–Trinajstić information content (AvgIpc) is 2.80. The molecule has 2 atom stereocenters. The second-order valence-corrected chi connectivity index (χ2v) is 5.56. The van der Waals surface area contributed by atoms with Crippen LogP contribution < -0.4 is 5.73 Å². The predicted octanol–water partition coefficient (Wildman–Crippen LogP) is 2.33. The molecule has 0 saturated heterocycles. The highest BCUT2D eigenvalue weighted by Crippen LogP contribution is 2.32. The average molecular weight is 297 g/mol. The third-order valence-electron chi connectivity index (χ3n) is 3.52. The van der Waals surface area contributed by atoms with Gasteiger partial charge in [-0.2, -0.15) is 0 Å². The molecule has 0 bridgehead atoms. The van der Waals surface area contributed by atoms with Crippen molar-refractivity contribution in [3.05, 3.63) is 28.5 Å². The van der Waals surface area contributed by atoms with Crippen molar-refractivity contribution in [1.29, 1.82) is 0 Å². The first-order chi connectivity index (χ1) is 8.20. The van der Waals surface area contributed by atoms with Gasteiger partial charge in [-0.15, -0.1) is 0 Å². The van der Waals surface area contributed by atoms with Crippen molar-refractivity contribution in [2.45, 2.75) is 25.7 Å². The number of ketones is 1. The van der Waals surface area contributed by atoms with E-state index in [0.29, 0.717) is 24.7 Å². The summed E-state index contributed by atoms with van der Waals surface area (Å²) in [5.74, 6) is 0.844. The fourth-order valence-corrected chi connectivity index (χ4v) is 2.80. The minimum atomic E-state index is 0.158.